The fourth-order valence-electron chi connectivity index (χ4n) is 2.28. The number of sulfonamides is 1. The molecule has 0 saturated heterocycles. The van der Waals surface area contributed by atoms with Crippen LogP contribution in [0.25, 0.3) is 5.69 Å². The summed E-state index contributed by atoms with van der Waals surface area (Å²) in [5.41, 5.74) is 0.786. The van der Waals surface area contributed by atoms with Crippen LogP contribution in [0.4, 0.5) is 5.69 Å². The highest BCUT2D eigenvalue weighted by Gasteiger charge is 2.17. The number of nitrogens with zero attached hydrogens (tertiary/aromatic N) is 3. The van der Waals surface area contributed by atoms with Crippen molar-refractivity contribution in [1.29, 1.82) is 0 Å². The summed E-state index contributed by atoms with van der Waals surface area (Å²) in [5, 5.41) is 4.42. The van der Waals surface area contributed by atoms with Crippen molar-refractivity contribution in [3.8, 4) is 11.4 Å². The Labute approximate surface area is 161 Å². The van der Waals surface area contributed by atoms with E-state index in [1.54, 1.807) is 31.4 Å². The van der Waals surface area contributed by atoms with Gasteiger partial charge in [-0.05, 0) is 42.5 Å². The number of benzene rings is 2. The second kappa shape index (κ2) is 8.38. The van der Waals surface area contributed by atoms with E-state index < -0.39 is 10.0 Å². The van der Waals surface area contributed by atoms with Crippen LogP contribution in [-0.2, 0) is 14.8 Å². The van der Waals surface area contributed by atoms with E-state index in [1.165, 1.54) is 35.5 Å². The molecule has 142 valence electrons. The van der Waals surface area contributed by atoms with Crippen LogP contribution in [0.15, 0.2) is 60.0 Å². The lowest BCUT2D eigenvalue weighted by Crippen LogP contribution is -2.15. The number of hydrogen-bond acceptors (Lipinski definition) is 6. The molecule has 0 amide bonds. The second-order valence-electron chi connectivity index (χ2n) is 5.42. The van der Waals surface area contributed by atoms with Crippen LogP contribution in [-0.4, -0.2) is 43.5 Å². The molecule has 0 saturated carbocycles. The van der Waals surface area contributed by atoms with Crippen LogP contribution in [0, 0.1) is 0 Å². The first-order valence-corrected chi connectivity index (χ1v) is 9.75. The first kappa shape index (κ1) is 19.2. The molecule has 0 spiro atoms. The third-order valence-electron chi connectivity index (χ3n) is 3.56. The maximum absolute atomic E-state index is 12.7. The fraction of sp³-hybridized carbons (Fsp3) is 0.176. The van der Waals surface area contributed by atoms with Crippen LogP contribution in [0.5, 0.6) is 5.75 Å². The third kappa shape index (κ3) is 4.76. The monoisotopic (exact) mass is 408 g/mol. The molecular formula is C17H17ClN4O4S. The smallest absolute Gasteiger partial charge is 0.261 e. The summed E-state index contributed by atoms with van der Waals surface area (Å²) in [5.74, 6) is 0.553. The van der Waals surface area contributed by atoms with E-state index >= 15 is 0 Å². The third-order valence-corrected chi connectivity index (χ3v) is 5.18. The molecule has 1 heterocycles. The maximum Gasteiger partial charge on any atom is 0.261 e. The number of aromatic nitrogens is 3. The van der Waals surface area contributed by atoms with Crippen molar-refractivity contribution >= 4 is 27.3 Å². The van der Waals surface area contributed by atoms with Crippen LogP contribution < -0.4 is 9.46 Å². The van der Waals surface area contributed by atoms with Gasteiger partial charge in [0.2, 0.25) is 0 Å². The normalized spacial score (nSPS) is 11.3. The Morgan fingerprint density at radius 1 is 1.15 bits per heavy atom. The molecule has 0 aliphatic rings. The molecule has 0 aliphatic heterocycles. The van der Waals surface area contributed by atoms with Gasteiger partial charge in [-0.3, -0.25) is 4.72 Å². The number of ether oxygens (including phenoxy) is 2. The Morgan fingerprint density at radius 3 is 2.59 bits per heavy atom. The zero-order valence-corrected chi connectivity index (χ0v) is 15.9. The van der Waals surface area contributed by atoms with Gasteiger partial charge in [0, 0.05) is 12.1 Å². The van der Waals surface area contributed by atoms with E-state index in [2.05, 4.69) is 14.8 Å². The van der Waals surface area contributed by atoms with Gasteiger partial charge in [-0.15, -0.1) is 0 Å². The minimum atomic E-state index is -3.84. The molecule has 0 radical (unpaired) electrons. The molecule has 0 atom stereocenters. The highest BCUT2D eigenvalue weighted by Crippen LogP contribution is 2.27. The van der Waals surface area contributed by atoms with Gasteiger partial charge in [-0.1, -0.05) is 11.6 Å². The summed E-state index contributed by atoms with van der Waals surface area (Å²) in [6.07, 6.45) is 2.82. The number of nitrogens with one attached hydrogen (secondary N) is 1. The Morgan fingerprint density at radius 2 is 1.93 bits per heavy atom. The van der Waals surface area contributed by atoms with Gasteiger partial charge < -0.3 is 9.47 Å². The minimum Gasteiger partial charge on any atom is -0.491 e. The number of rotatable bonds is 8. The van der Waals surface area contributed by atoms with Crippen molar-refractivity contribution in [1.82, 2.24) is 14.8 Å². The van der Waals surface area contributed by atoms with Gasteiger partial charge >= 0.3 is 0 Å². The van der Waals surface area contributed by atoms with Crippen molar-refractivity contribution in [3.05, 3.63) is 60.1 Å². The zero-order valence-electron chi connectivity index (χ0n) is 14.4. The van der Waals surface area contributed by atoms with Crippen molar-refractivity contribution < 1.29 is 17.9 Å². The Balaban J connectivity index is 1.84. The van der Waals surface area contributed by atoms with E-state index in [-0.39, 0.29) is 10.6 Å². The average molecular weight is 409 g/mol. The quantitative estimate of drug-likeness (QED) is 0.576. The summed E-state index contributed by atoms with van der Waals surface area (Å²) in [4.78, 5) is 3.96. The molecule has 8 nitrogen and oxygen atoms in total. The highest BCUT2D eigenvalue weighted by atomic mass is 35.5. The maximum atomic E-state index is 12.7. The van der Waals surface area contributed by atoms with E-state index in [4.69, 9.17) is 21.1 Å². The molecule has 27 heavy (non-hydrogen) atoms. The molecular weight excluding hydrogens is 392 g/mol. The lowest BCUT2D eigenvalue weighted by atomic mass is 10.3. The van der Waals surface area contributed by atoms with Gasteiger partial charge in [0.25, 0.3) is 10.0 Å². The van der Waals surface area contributed by atoms with E-state index in [1.807, 2.05) is 0 Å². The summed E-state index contributed by atoms with van der Waals surface area (Å²) >= 11 is 6.03. The molecule has 2 aromatic carbocycles. The van der Waals surface area contributed by atoms with Crippen molar-refractivity contribution in [2.45, 2.75) is 4.90 Å². The summed E-state index contributed by atoms with van der Waals surface area (Å²) < 4.78 is 39.8. The SMILES string of the molecule is COCCOc1ccc(S(=O)(=O)Nc2cc(Cl)ccc2-n2cncn2)cc1. The zero-order chi connectivity index (χ0) is 19.3. The topological polar surface area (TPSA) is 95.3 Å². The summed E-state index contributed by atoms with van der Waals surface area (Å²) in [6, 6.07) is 10.9. The molecule has 0 fully saturated rings. The van der Waals surface area contributed by atoms with Gasteiger partial charge in [-0.2, -0.15) is 5.10 Å². The Hall–Kier alpha value is -2.62. The predicted molar refractivity (Wildman–Crippen MR) is 101 cm³/mol. The molecule has 1 N–H and O–H groups in total. The van der Waals surface area contributed by atoms with Crippen molar-refractivity contribution in [2.75, 3.05) is 25.0 Å². The lowest BCUT2D eigenvalue weighted by Gasteiger charge is -2.13. The average Bonchev–Trinajstić information content (AvgIpc) is 3.17. The van der Waals surface area contributed by atoms with Crippen LogP contribution >= 0.6 is 11.6 Å². The first-order chi connectivity index (χ1) is 13.0. The van der Waals surface area contributed by atoms with Gasteiger partial charge in [0.1, 0.15) is 25.0 Å². The number of halogens is 1. The molecule has 3 rings (SSSR count). The first-order valence-electron chi connectivity index (χ1n) is 7.89. The molecule has 10 heteroatoms. The largest absolute Gasteiger partial charge is 0.491 e. The van der Waals surface area contributed by atoms with Crippen molar-refractivity contribution in [3.63, 3.8) is 0 Å². The van der Waals surface area contributed by atoms with E-state index in [0.29, 0.717) is 29.7 Å². The Kier molecular flexibility index (Phi) is 5.94. The van der Waals surface area contributed by atoms with Gasteiger partial charge in [-0.25, -0.2) is 18.1 Å². The van der Waals surface area contributed by atoms with E-state index in [9.17, 15) is 8.42 Å². The van der Waals surface area contributed by atoms with Gasteiger partial charge in [0.15, 0.2) is 0 Å². The lowest BCUT2D eigenvalue weighted by molar-refractivity contribution is 0.146. The molecule has 0 aliphatic carbocycles. The number of methoxy groups -OCH3 is 1. The molecule has 1 aromatic heterocycles. The standard InChI is InChI=1S/C17H17ClN4O4S/c1-25-8-9-26-14-3-5-15(6-4-14)27(23,24)21-16-10-13(18)2-7-17(16)22-12-19-11-20-22/h2-7,10-12,21H,8-9H2,1H3. The molecule has 3 aromatic rings. The number of hydrogen-bond donors (Lipinski definition) is 1. The van der Waals surface area contributed by atoms with Crippen LogP contribution in [0.3, 0.4) is 0 Å². The number of anilines is 1. The van der Waals surface area contributed by atoms with Crippen molar-refractivity contribution in [2.24, 2.45) is 0 Å². The van der Waals surface area contributed by atoms with Crippen LogP contribution in [0.1, 0.15) is 0 Å². The molecule has 0 unspecified atom stereocenters. The predicted octanol–water partition coefficient (Wildman–Crippen LogP) is 2.75. The summed E-state index contributed by atoms with van der Waals surface area (Å²) in [6.45, 7) is 0.825. The molecule has 0 bridgehead atoms. The second-order valence-corrected chi connectivity index (χ2v) is 7.54. The fourth-order valence-corrected chi connectivity index (χ4v) is 3.52. The summed E-state index contributed by atoms with van der Waals surface area (Å²) in [7, 11) is -2.26. The van der Waals surface area contributed by atoms with Crippen LogP contribution in [0.2, 0.25) is 5.02 Å². The van der Waals surface area contributed by atoms with Gasteiger partial charge in [0.05, 0.1) is 22.9 Å². The highest BCUT2D eigenvalue weighted by molar-refractivity contribution is 7.92. The van der Waals surface area contributed by atoms with E-state index in [0.717, 1.165) is 0 Å². The minimum absolute atomic E-state index is 0.0890. The Bertz CT molecular complexity index is 992.